The molecule has 116 valence electrons. The van der Waals surface area contributed by atoms with Gasteiger partial charge in [0.05, 0.1) is 10.9 Å². The fraction of sp³-hybridized carbons (Fsp3) is 0.429. The van der Waals surface area contributed by atoms with Crippen LogP contribution in [0.3, 0.4) is 0 Å². The van der Waals surface area contributed by atoms with Crippen molar-refractivity contribution in [3.05, 3.63) is 22.3 Å². The molecule has 2 rings (SSSR count). The van der Waals surface area contributed by atoms with Crippen molar-refractivity contribution >= 4 is 29.5 Å². The zero-order valence-corrected chi connectivity index (χ0v) is 14.0. The van der Waals surface area contributed by atoms with Gasteiger partial charge in [0, 0.05) is 0 Å². The van der Waals surface area contributed by atoms with Crippen LogP contribution in [-0.2, 0) is 4.79 Å². The molecule has 0 radical (unpaired) electrons. The third-order valence-corrected chi connectivity index (χ3v) is 4.42. The van der Waals surface area contributed by atoms with Gasteiger partial charge in [-0.15, -0.1) is 11.3 Å². The largest absolute Gasteiger partial charge is 0.339 e. The number of hydrogen-bond acceptors (Lipinski definition) is 5. The highest BCUT2D eigenvalue weighted by molar-refractivity contribution is 7.71. The first-order chi connectivity index (χ1) is 10.6. The van der Waals surface area contributed by atoms with E-state index in [9.17, 15) is 4.79 Å². The molecule has 0 aliphatic heterocycles. The normalized spacial score (nSPS) is 13.3. The molecule has 2 aromatic heterocycles. The molecular weight excluding hydrogens is 318 g/mol. The van der Waals surface area contributed by atoms with Crippen molar-refractivity contribution in [2.24, 2.45) is 0 Å². The summed E-state index contributed by atoms with van der Waals surface area (Å²) in [5.74, 6) is 0.391. The van der Waals surface area contributed by atoms with E-state index in [1.807, 2.05) is 24.4 Å². The maximum absolute atomic E-state index is 12.4. The summed E-state index contributed by atoms with van der Waals surface area (Å²) in [7, 11) is 0. The lowest BCUT2D eigenvalue weighted by Gasteiger charge is -2.17. The number of nitriles is 1. The van der Waals surface area contributed by atoms with Crippen LogP contribution in [0.5, 0.6) is 0 Å². The minimum absolute atomic E-state index is 0.240. The fourth-order valence-electron chi connectivity index (χ4n) is 2.11. The molecule has 0 aliphatic carbocycles. The van der Waals surface area contributed by atoms with Crippen molar-refractivity contribution in [3.63, 3.8) is 0 Å². The Morgan fingerprint density at radius 1 is 1.68 bits per heavy atom. The Morgan fingerprint density at radius 3 is 3.05 bits per heavy atom. The molecule has 0 aliphatic rings. The Hall–Kier alpha value is -1.98. The van der Waals surface area contributed by atoms with Crippen LogP contribution < -0.4 is 5.32 Å². The lowest BCUT2D eigenvalue weighted by atomic mass is 10.1. The van der Waals surface area contributed by atoms with Crippen LogP contribution in [0.1, 0.15) is 32.7 Å². The summed E-state index contributed by atoms with van der Waals surface area (Å²) in [5.41, 5.74) is 0. The van der Waals surface area contributed by atoms with Crippen molar-refractivity contribution in [1.29, 1.82) is 5.26 Å². The number of aromatic amines is 1. The molecule has 2 N–H and O–H groups in total. The molecule has 2 atom stereocenters. The van der Waals surface area contributed by atoms with Crippen molar-refractivity contribution < 1.29 is 4.79 Å². The van der Waals surface area contributed by atoms with Gasteiger partial charge < -0.3 is 5.32 Å². The molecule has 2 heterocycles. The number of carbonyl (C=O) groups is 1. The second kappa shape index (κ2) is 7.33. The third-order valence-electron chi connectivity index (χ3n) is 3.26. The summed E-state index contributed by atoms with van der Waals surface area (Å²) >= 11 is 6.77. The molecule has 2 aromatic rings. The first kappa shape index (κ1) is 16.4. The minimum Gasteiger partial charge on any atom is -0.339 e. The van der Waals surface area contributed by atoms with Gasteiger partial charge in [0.1, 0.15) is 12.1 Å². The Bertz CT molecular complexity index is 725. The third kappa shape index (κ3) is 3.43. The predicted molar refractivity (Wildman–Crippen MR) is 87.9 cm³/mol. The van der Waals surface area contributed by atoms with Crippen LogP contribution in [0.15, 0.2) is 17.5 Å². The lowest BCUT2D eigenvalue weighted by Crippen LogP contribution is -2.38. The van der Waals surface area contributed by atoms with Gasteiger partial charge in [-0.05, 0) is 37.0 Å². The van der Waals surface area contributed by atoms with Crippen LogP contribution in [0.2, 0.25) is 0 Å². The standard InChI is InChI=1S/C14H17N5OS2/c1-3-5-10(8-15)16-13(20)9(2)19-12(17-18-14(19)21)11-6-4-7-22-11/h4,6-7,9-10H,3,5H2,1-2H3,(H,16,20)(H,18,21)/t9-,10-/m1/s1. The number of carbonyl (C=O) groups excluding carboxylic acids is 1. The van der Waals surface area contributed by atoms with E-state index < -0.39 is 12.1 Å². The Labute approximate surface area is 137 Å². The summed E-state index contributed by atoms with van der Waals surface area (Å²) in [5, 5.41) is 20.7. The smallest absolute Gasteiger partial charge is 0.243 e. The van der Waals surface area contributed by atoms with Crippen LogP contribution in [-0.4, -0.2) is 26.7 Å². The summed E-state index contributed by atoms with van der Waals surface area (Å²) < 4.78 is 2.06. The van der Waals surface area contributed by atoms with Gasteiger partial charge >= 0.3 is 0 Å². The topological polar surface area (TPSA) is 86.5 Å². The molecule has 0 saturated heterocycles. The van der Waals surface area contributed by atoms with Gasteiger partial charge in [-0.25, -0.2) is 0 Å². The molecule has 0 bridgehead atoms. The van der Waals surface area contributed by atoms with E-state index in [-0.39, 0.29) is 5.91 Å². The second-order valence-electron chi connectivity index (χ2n) is 4.85. The number of nitrogens with one attached hydrogen (secondary N) is 2. The number of thiophene rings is 1. The maximum Gasteiger partial charge on any atom is 0.243 e. The van der Waals surface area contributed by atoms with E-state index in [0.29, 0.717) is 17.0 Å². The number of H-pyrrole nitrogens is 1. The highest BCUT2D eigenvalue weighted by Crippen LogP contribution is 2.25. The molecule has 1 amide bonds. The number of hydrogen-bond donors (Lipinski definition) is 2. The van der Waals surface area contributed by atoms with Crippen LogP contribution in [0, 0.1) is 16.1 Å². The second-order valence-corrected chi connectivity index (χ2v) is 6.19. The molecular formula is C14H17N5OS2. The number of nitrogens with zero attached hydrogens (tertiary/aromatic N) is 3. The lowest BCUT2D eigenvalue weighted by molar-refractivity contribution is -0.124. The van der Waals surface area contributed by atoms with Gasteiger partial charge in [-0.3, -0.25) is 14.5 Å². The molecule has 22 heavy (non-hydrogen) atoms. The molecule has 0 spiro atoms. The van der Waals surface area contributed by atoms with Crippen molar-refractivity contribution in [2.45, 2.75) is 38.8 Å². The van der Waals surface area contributed by atoms with Crippen molar-refractivity contribution in [2.75, 3.05) is 0 Å². The molecule has 0 aromatic carbocycles. The predicted octanol–water partition coefficient (Wildman–Crippen LogP) is 3.04. The van der Waals surface area contributed by atoms with Crippen molar-refractivity contribution in [1.82, 2.24) is 20.1 Å². The zero-order chi connectivity index (χ0) is 16.1. The van der Waals surface area contributed by atoms with Gasteiger partial charge in [0.2, 0.25) is 5.91 Å². The summed E-state index contributed by atoms with van der Waals surface area (Å²) in [6.07, 6.45) is 1.46. The molecule has 0 saturated carbocycles. The SMILES string of the molecule is CCC[C@H](C#N)NC(=O)[C@@H](C)n1c(-c2cccs2)n[nH]c1=S. The van der Waals surface area contributed by atoms with Crippen LogP contribution in [0.25, 0.3) is 10.7 Å². The first-order valence-corrected chi connectivity index (χ1v) is 8.28. The summed E-state index contributed by atoms with van der Waals surface area (Å²) in [4.78, 5) is 13.3. The summed E-state index contributed by atoms with van der Waals surface area (Å²) in [6.45, 7) is 3.72. The quantitative estimate of drug-likeness (QED) is 0.794. The van der Waals surface area contributed by atoms with Gasteiger partial charge in [0.25, 0.3) is 0 Å². The van der Waals surface area contributed by atoms with E-state index in [2.05, 4.69) is 21.6 Å². The van der Waals surface area contributed by atoms with E-state index in [4.69, 9.17) is 17.5 Å². The van der Waals surface area contributed by atoms with E-state index in [0.717, 1.165) is 11.3 Å². The van der Waals surface area contributed by atoms with E-state index in [1.165, 1.54) is 11.3 Å². The highest BCUT2D eigenvalue weighted by atomic mass is 32.1. The zero-order valence-electron chi connectivity index (χ0n) is 12.4. The Balaban J connectivity index is 2.25. The van der Waals surface area contributed by atoms with E-state index >= 15 is 0 Å². The number of aromatic nitrogens is 3. The molecule has 6 nitrogen and oxygen atoms in total. The minimum atomic E-state index is -0.545. The molecule has 0 fully saturated rings. The van der Waals surface area contributed by atoms with Gasteiger partial charge in [0.15, 0.2) is 10.6 Å². The van der Waals surface area contributed by atoms with Crippen LogP contribution in [0.4, 0.5) is 0 Å². The number of rotatable bonds is 6. The Morgan fingerprint density at radius 2 is 2.45 bits per heavy atom. The fourth-order valence-corrected chi connectivity index (χ4v) is 3.11. The average molecular weight is 335 g/mol. The summed E-state index contributed by atoms with van der Waals surface area (Å²) in [6, 6.07) is 4.92. The van der Waals surface area contributed by atoms with E-state index in [1.54, 1.807) is 11.5 Å². The molecule has 0 unspecified atom stereocenters. The van der Waals surface area contributed by atoms with Crippen molar-refractivity contribution in [3.8, 4) is 16.8 Å². The highest BCUT2D eigenvalue weighted by Gasteiger charge is 2.23. The monoisotopic (exact) mass is 335 g/mol. The Kier molecular flexibility index (Phi) is 5.46. The van der Waals surface area contributed by atoms with Gasteiger partial charge in [-0.2, -0.15) is 10.4 Å². The average Bonchev–Trinajstić information content (AvgIpc) is 3.14. The molecule has 8 heteroatoms. The van der Waals surface area contributed by atoms with Gasteiger partial charge in [-0.1, -0.05) is 19.4 Å². The van der Waals surface area contributed by atoms with Crippen LogP contribution >= 0.6 is 23.6 Å². The maximum atomic E-state index is 12.4. The first-order valence-electron chi connectivity index (χ1n) is 6.99. The number of amides is 1.